The second-order valence-corrected chi connectivity index (χ2v) is 14.0. The third-order valence-corrected chi connectivity index (χ3v) is 10.7. The quantitative estimate of drug-likeness (QED) is 0.201. The third kappa shape index (κ3) is 7.44. The first kappa shape index (κ1) is 32.0. The van der Waals surface area contributed by atoms with Crippen LogP contribution in [0, 0.1) is 0 Å². The van der Waals surface area contributed by atoms with Gasteiger partial charge in [-0.15, -0.1) is 0 Å². The summed E-state index contributed by atoms with van der Waals surface area (Å²) >= 11 is 13.1. The number of rotatable bonds is 11. The molecule has 230 valence electrons. The van der Waals surface area contributed by atoms with E-state index in [4.69, 9.17) is 23.2 Å². The molecule has 0 saturated heterocycles. The zero-order valence-corrected chi connectivity index (χ0v) is 26.8. The normalized spacial score (nSPS) is 14.5. The average Bonchev–Trinajstić information content (AvgIpc) is 3.53. The van der Waals surface area contributed by atoms with Crippen molar-refractivity contribution in [1.29, 1.82) is 0 Å². The summed E-state index contributed by atoms with van der Waals surface area (Å²) < 4.78 is 28.3. The molecule has 1 N–H and O–H groups in total. The minimum Gasteiger partial charge on any atom is -0.352 e. The van der Waals surface area contributed by atoms with Crippen LogP contribution in [0.4, 0.5) is 0 Å². The Hall–Kier alpha value is -3.43. The van der Waals surface area contributed by atoms with Crippen LogP contribution in [0.3, 0.4) is 0 Å². The van der Waals surface area contributed by atoms with Crippen molar-refractivity contribution in [2.75, 3.05) is 13.6 Å². The first-order chi connectivity index (χ1) is 21.1. The van der Waals surface area contributed by atoms with Gasteiger partial charge in [-0.2, -0.15) is 4.31 Å². The zero-order valence-electron chi connectivity index (χ0n) is 24.5. The van der Waals surface area contributed by atoms with Crippen molar-refractivity contribution in [3.05, 3.63) is 112 Å². The molecule has 0 spiro atoms. The average molecular weight is 653 g/mol. The van der Waals surface area contributed by atoms with Gasteiger partial charge in [0, 0.05) is 41.7 Å². The van der Waals surface area contributed by atoms with Crippen LogP contribution in [-0.4, -0.2) is 55.1 Å². The molecular weight excluding hydrogens is 617 g/mol. The van der Waals surface area contributed by atoms with E-state index in [1.165, 1.54) is 18.0 Å². The molecule has 0 aliphatic heterocycles. The lowest BCUT2D eigenvalue weighted by Gasteiger charge is -2.33. The van der Waals surface area contributed by atoms with E-state index in [2.05, 4.69) is 5.32 Å². The van der Waals surface area contributed by atoms with Crippen molar-refractivity contribution in [3.63, 3.8) is 0 Å². The van der Waals surface area contributed by atoms with E-state index < -0.39 is 28.5 Å². The highest BCUT2D eigenvalue weighted by atomic mass is 35.5. The fraction of sp³-hybridized carbons (Fsp3) is 0.294. The van der Waals surface area contributed by atoms with Crippen LogP contribution in [0.5, 0.6) is 0 Å². The Kier molecular flexibility index (Phi) is 10.3. The maximum atomic E-state index is 14.2. The summed E-state index contributed by atoms with van der Waals surface area (Å²) in [5.74, 6) is -0.840. The molecule has 1 unspecified atom stereocenters. The van der Waals surface area contributed by atoms with E-state index in [1.807, 2.05) is 54.6 Å². The highest BCUT2D eigenvalue weighted by Gasteiger charge is 2.35. The summed E-state index contributed by atoms with van der Waals surface area (Å²) in [4.78, 5) is 29.6. The predicted octanol–water partition coefficient (Wildman–Crippen LogP) is 6.47. The van der Waals surface area contributed by atoms with Crippen molar-refractivity contribution in [3.8, 4) is 0 Å². The molecule has 0 aromatic heterocycles. The van der Waals surface area contributed by atoms with Crippen LogP contribution in [0.25, 0.3) is 10.8 Å². The van der Waals surface area contributed by atoms with Crippen molar-refractivity contribution in [2.24, 2.45) is 0 Å². The molecule has 0 heterocycles. The number of hydrogen-bond donors (Lipinski definition) is 1. The Balaban J connectivity index is 1.48. The number of amides is 2. The van der Waals surface area contributed by atoms with Crippen molar-refractivity contribution < 1.29 is 18.0 Å². The van der Waals surface area contributed by atoms with Gasteiger partial charge in [0.15, 0.2) is 0 Å². The minimum absolute atomic E-state index is 0.0255. The summed E-state index contributed by atoms with van der Waals surface area (Å²) in [5, 5.41) is 5.52. The number of carbonyl (C=O) groups is 2. The number of benzene rings is 4. The number of hydrogen-bond acceptors (Lipinski definition) is 4. The van der Waals surface area contributed by atoms with Crippen LogP contribution in [0.15, 0.2) is 95.9 Å². The molecule has 1 aliphatic carbocycles. The largest absolute Gasteiger partial charge is 0.352 e. The van der Waals surface area contributed by atoms with Crippen molar-refractivity contribution in [2.45, 2.75) is 55.6 Å². The van der Waals surface area contributed by atoms with Gasteiger partial charge in [0.1, 0.15) is 6.04 Å². The second kappa shape index (κ2) is 14.1. The Morgan fingerprint density at radius 3 is 2.18 bits per heavy atom. The van der Waals surface area contributed by atoms with Crippen LogP contribution < -0.4 is 5.32 Å². The molecule has 44 heavy (non-hydrogen) atoms. The third-order valence-electron chi connectivity index (χ3n) is 8.15. The molecule has 0 bridgehead atoms. The predicted molar refractivity (Wildman–Crippen MR) is 175 cm³/mol. The molecular formula is C34H35Cl2N3O4S. The molecule has 0 radical (unpaired) electrons. The zero-order chi connectivity index (χ0) is 31.3. The lowest BCUT2D eigenvalue weighted by atomic mass is 10.0. The van der Waals surface area contributed by atoms with Gasteiger partial charge in [0.05, 0.1) is 11.4 Å². The number of nitrogens with one attached hydrogen (secondary N) is 1. The Bertz CT molecular complexity index is 1720. The summed E-state index contributed by atoms with van der Waals surface area (Å²) in [7, 11) is -2.67. The molecule has 1 atom stereocenters. The van der Waals surface area contributed by atoms with E-state index >= 15 is 0 Å². The van der Waals surface area contributed by atoms with Gasteiger partial charge in [0.25, 0.3) is 0 Å². The lowest BCUT2D eigenvalue weighted by Crippen LogP contribution is -2.54. The molecule has 7 nitrogen and oxygen atoms in total. The molecule has 5 rings (SSSR count). The highest BCUT2D eigenvalue weighted by Crippen LogP contribution is 2.28. The molecule has 4 aromatic carbocycles. The number of nitrogens with zero attached hydrogens (tertiary/aromatic N) is 2. The molecule has 1 fully saturated rings. The molecule has 10 heteroatoms. The number of likely N-dealkylation sites (N-methyl/N-ethyl adjacent to an activating group) is 1. The lowest BCUT2D eigenvalue weighted by molar-refractivity contribution is -0.141. The summed E-state index contributed by atoms with van der Waals surface area (Å²) in [6.07, 6.45) is 4.04. The monoisotopic (exact) mass is 651 g/mol. The van der Waals surface area contributed by atoms with Gasteiger partial charge in [0.2, 0.25) is 21.8 Å². The van der Waals surface area contributed by atoms with Gasteiger partial charge in [-0.3, -0.25) is 9.59 Å². The summed E-state index contributed by atoms with van der Waals surface area (Å²) in [6, 6.07) is 25.9. The number of halogens is 2. The smallest absolute Gasteiger partial charge is 0.243 e. The second-order valence-electron chi connectivity index (χ2n) is 11.2. The molecule has 1 saturated carbocycles. The summed E-state index contributed by atoms with van der Waals surface area (Å²) in [6.45, 7) is -0.560. The summed E-state index contributed by atoms with van der Waals surface area (Å²) in [5.41, 5.74) is 1.34. The van der Waals surface area contributed by atoms with Gasteiger partial charge < -0.3 is 10.2 Å². The fourth-order valence-corrected chi connectivity index (χ4v) is 7.32. The van der Waals surface area contributed by atoms with Crippen LogP contribution >= 0.6 is 23.2 Å². The van der Waals surface area contributed by atoms with E-state index in [0.29, 0.717) is 15.6 Å². The van der Waals surface area contributed by atoms with Gasteiger partial charge in [-0.05, 0) is 53.4 Å². The van der Waals surface area contributed by atoms with E-state index in [-0.39, 0.29) is 29.8 Å². The Morgan fingerprint density at radius 2 is 1.50 bits per heavy atom. The molecule has 4 aromatic rings. The van der Waals surface area contributed by atoms with Crippen molar-refractivity contribution in [1.82, 2.24) is 14.5 Å². The van der Waals surface area contributed by atoms with E-state index in [9.17, 15) is 18.0 Å². The maximum absolute atomic E-state index is 14.2. The first-order valence-corrected chi connectivity index (χ1v) is 16.8. The van der Waals surface area contributed by atoms with Gasteiger partial charge >= 0.3 is 0 Å². The number of sulfonamides is 1. The van der Waals surface area contributed by atoms with Crippen LogP contribution in [0.2, 0.25) is 10.0 Å². The van der Waals surface area contributed by atoms with E-state index in [1.54, 1.807) is 30.3 Å². The molecule has 1 aliphatic rings. The van der Waals surface area contributed by atoms with Crippen molar-refractivity contribution >= 4 is 55.8 Å². The standard InChI is InChI=1S/C34H35Cl2N3O4S/c1-38(44(42,43)28-19-18-25-12-5-6-13-26(25)21-28)23-33(40)39(22-29-30(35)16-9-17-31(29)36)32(20-24-10-3-2-4-11-24)34(41)37-27-14-7-8-15-27/h2-6,9-13,16-19,21,27,32H,7-8,14-15,20,22-23H2,1H3,(H,37,41). The first-order valence-electron chi connectivity index (χ1n) is 14.7. The highest BCUT2D eigenvalue weighted by molar-refractivity contribution is 7.89. The maximum Gasteiger partial charge on any atom is 0.243 e. The number of carbonyl (C=O) groups excluding carboxylic acids is 2. The topological polar surface area (TPSA) is 86.8 Å². The van der Waals surface area contributed by atoms with Gasteiger partial charge in [-0.25, -0.2) is 8.42 Å². The number of fused-ring (bicyclic) bond motifs is 1. The van der Waals surface area contributed by atoms with E-state index in [0.717, 1.165) is 46.3 Å². The van der Waals surface area contributed by atoms with Crippen LogP contribution in [-0.2, 0) is 32.6 Å². The Morgan fingerprint density at radius 1 is 0.864 bits per heavy atom. The van der Waals surface area contributed by atoms with Gasteiger partial charge in [-0.1, -0.05) is 103 Å². The SMILES string of the molecule is CN(CC(=O)N(Cc1c(Cl)cccc1Cl)C(Cc1ccccc1)C(=O)NC1CCCC1)S(=O)(=O)c1ccc2ccccc2c1. The van der Waals surface area contributed by atoms with Crippen LogP contribution in [0.1, 0.15) is 36.8 Å². The Labute approximate surface area is 268 Å². The fourth-order valence-electron chi connectivity index (χ4n) is 5.65. The minimum atomic E-state index is -4.04. The molecule has 2 amide bonds.